The number of aromatic carboxylic acids is 1. The lowest BCUT2D eigenvalue weighted by Crippen LogP contribution is -2.03. The second kappa shape index (κ2) is 6.32. The molecule has 122 valence electrons. The molecule has 0 aliphatic rings. The zero-order chi connectivity index (χ0) is 17.3. The average Bonchev–Trinajstić information content (AvgIpc) is 2.54. The third-order valence-corrected chi connectivity index (χ3v) is 4.05. The minimum atomic E-state index is -0.948. The van der Waals surface area contributed by atoms with Crippen molar-refractivity contribution in [2.24, 2.45) is 0 Å². The molecule has 2 aromatic carbocycles. The van der Waals surface area contributed by atoms with Gasteiger partial charge in [0, 0.05) is 16.8 Å². The molecule has 4 nitrogen and oxygen atoms in total. The number of fused-ring (bicyclic) bond motifs is 1. The van der Waals surface area contributed by atoms with E-state index in [0.29, 0.717) is 11.6 Å². The van der Waals surface area contributed by atoms with Crippen LogP contribution in [0.25, 0.3) is 10.9 Å². The van der Waals surface area contributed by atoms with Crippen LogP contribution in [0, 0.1) is 6.92 Å². The topological polar surface area (TPSA) is 62.2 Å². The van der Waals surface area contributed by atoms with Gasteiger partial charge in [0.2, 0.25) is 0 Å². The van der Waals surface area contributed by atoms with E-state index in [2.05, 4.69) is 36.3 Å². The average molecular weight is 320 g/mol. The number of nitrogens with one attached hydrogen (secondary N) is 1. The molecule has 3 aromatic rings. The number of nitrogens with zero attached hydrogens (tertiary/aromatic N) is 1. The van der Waals surface area contributed by atoms with Crippen LogP contribution in [-0.2, 0) is 0 Å². The fourth-order valence-electron chi connectivity index (χ4n) is 2.76. The summed E-state index contributed by atoms with van der Waals surface area (Å²) in [5.74, 6) is -0.536. The minimum Gasteiger partial charge on any atom is -0.478 e. The van der Waals surface area contributed by atoms with Crippen molar-refractivity contribution in [3.8, 4) is 0 Å². The highest BCUT2D eigenvalue weighted by Crippen LogP contribution is 2.30. The molecule has 0 saturated heterocycles. The van der Waals surface area contributed by atoms with E-state index in [9.17, 15) is 9.90 Å². The Bertz CT molecular complexity index is 917. The molecular weight excluding hydrogens is 300 g/mol. The molecule has 0 radical (unpaired) electrons. The van der Waals surface area contributed by atoms with Crippen molar-refractivity contribution in [2.45, 2.75) is 26.7 Å². The SMILES string of the molecule is Cc1cc(Nc2ccccc2C(=O)O)c2cc(C(C)C)ccc2n1. The van der Waals surface area contributed by atoms with Gasteiger partial charge in [-0.3, -0.25) is 4.98 Å². The quantitative estimate of drug-likeness (QED) is 0.701. The summed E-state index contributed by atoms with van der Waals surface area (Å²) in [5, 5.41) is 13.7. The number of hydrogen-bond acceptors (Lipinski definition) is 3. The van der Waals surface area contributed by atoms with Gasteiger partial charge in [0.15, 0.2) is 0 Å². The van der Waals surface area contributed by atoms with Crippen LogP contribution in [0.3, 0.4) is 0 Å². The van der Waals surface area contributed by atoms with Gasteiger partial charge in [-0.25, -0.2) is 4.79 Å². The van der Waals surface area contributed by atoms with Gasteiger partial charge in [0.05, 0.1) is 16.8 Å². The highest BCUT2D eigenvalue weighted by Gasteiger charge is 2.12. The Labute approximate surface area is 141 Å². The van der Waals surface area contributed by atoms with E-state index in [1.54, 1.807) is 18.2 Å². The number of rotatable bonds is 4. The maximum atomic E-state index is 11.4. The first-order valence-electron chi connectivity index (χ1n) is 7.96. The molecule has 0 amide bonds. The Balaban J connectivity index is 2.15. The largest absolute Gasteiger partial charge is 0.478 e. The van der Waals surface area contributed by atoms with E-state index in [1.165, 1.54) is 5.56 Å². The second-order valence-corrected chi connectivity index (χ2v) is 6.22. The summed E-state index contributed by atoms with van der Waals surface area (Å²) in [6, 6.07) is 15.1. The number of pyridine rings is 1. The summed E-state index contributed by atoms with van der Waals surface area (Å²) in [4.78, 5) is 16.0. The molecule has 4 heteroatoms. The van der Waals surface area contributed by atoms with Gasteiger partial charge in [-0.2, -0.15) is 0 Å². The number of aryl methyl sites for hydroxylation is 1. The summed E-state index contributed by atoms with van der Waals surface area (Å²) in [5.41, 5.74) is 4.70. The first kappa shape index (κ1) is 16.0. The van der Waals surface area contributed by atoms with Crippen LogP contribution in [0.4, 0.5) is 11.4 Å². The van der Waals surface area contributed by atoms with Crippen molar-refractivity contribution in [1.29, 1.82) is 0 Å². The lowest BCUT2D eigenvalue weighted by Gasteiger charge is -2.14. The normalized spacial score (nSPS) is 11.0. The van der Waals surface area contributed by atoms with Gasteiger partial charge in [-0.1, -0.05) is 32.0 Å². The molecule has 0 aliphatic heterocycles. The molecule has 2 N–H and O–H groups in total. The number of carboxylic acid groups (broad SMARTS) is 1. The van der Waals surface area contributed by atoms with Gasteiger partial charge in [-0.05, 0) is 48.7 Å². The van der Waals surface area contributed by atoms with E-state index in [1.807, 2.05) is 25.1 Å². The molecule has 3 rings (SSSR count). The van der Waals surface area contributed by atoms with Gasteiger partial charge in [0.1, 0.15) is 0 Å². The molecule has 0 bridgehead atoms. The predicted octanol–water partition coefficient (Wildman–Crippen LogP) is 5.11. The van der Waals surface area contributed by atoms with Crippen molar-refractivity contribution in [2.75, 3.05) is 5.32 Å². The smallest absolute Gasteiger partial charge is 0.337 e. The van der Waals surface area contributed by atoms with Crippen molar-refractivity contribution >= 4 is 28.2 Å². The Morgan fingerprint density at radius 1 is 1.08 bits per heavy atom. The van der Waals surface area contributed by atoms with Crippen LogP contribution in [0.2, 0.25) is 0 Å². The van der Waals surface area contributed by atoms with Crippen LogP contribution < -0.4 is 5.32 Å². The molecule has 1 heterocycles. The summed E-state index contributed by atoms with van der Waals surface area (Å²) < 4.78 is 0. The Morgan fingerprint density at radius 2 is 1.83 bits per heavy atom. The van der Waals surface area contributed by atoms with Crippen LogP contribution in [0.1, 0.15) is 41.4 Å². The van der Waals surface area contributed by atoms with Crippen molar-refractivity contribution in [3.05, 3.63) is 65.4 Å². The number of carboxylic acids is 1. The fourth-order valence-corrected chi connectivity index (χ4v) is 2.76. The van der Waals surface area contributed by atoms with Crippen molar-refractivity contribution < 1.29 is 9.90 Å². The number of benzene rings is 2. The van der Waals surface area contributed by atoms with E-state index in [0.717, 1.165) is 22.3 Å². The summed E-state index contributed by atoms with van der Waals surface area (Å²) in [6.45, 7) is 6.23. The van der Waals surface area contributed by atoms with Crippen molar-refractivity contribution in [3.63, 3.8) is 0 Å². The predicted molar refractivity (Wildman–Crippen MR) is 97.3 cm³/mol. The molecule has 1 aromatic heterocycles. The highest BCUT2D eigenvalue weighted by molar-refractivity contribution is 5.99. The number of aromatic nitrogens is 1. The van der Waals surface area contributed by atoms with Crippen LogP contribution in [0.15, 0.2) is 48.5 Å². The number of carbonyl (C=O) groups is 1. The minimum absolute atomic E-state index is 0.250. The Hall–Kier alpha value is -2.88. The molecule has 0 aliphatic carbocycles. The molecule has 0 unspecified atom stereocenters. The van der Waals surface area contributed by atoms with E-state index >= 15 is 0 Å². The highest BCUT2D eigenvalue weighted by atomic mass is 16.4. The molecule has 0 atom stereocenters. The van der Waals surface area contributed by atoms with Crippen LogP contribution in [-0.4, -0.2) is 16.1 Å². The van der Waals surface area contributed by atoms with Gasteiger partial charge < -0.3 is 10.4 Å². The van der Waals surface area contributed by atoms with Crippen LogP contribution in [0.5, 0.6) is 0 Å². The van der Waals surface area contributed by atoms with Crippen molar-refractivity contribution in [1.82, 2.24) is 4.98 Å². The maximum Gasteiger partial charge on any atom is 0.337 e. The number of para-hydroxylation sites is 1. The van der Waals surface area contributed by atoms with E-state index in [-0.39, 0.29) is 5.56 Å². The Morgan fingerprint density at radius 3 is 2.54 bits per heavy atom. The number of anilines is 2. The van der Waals surface area contributed by atoms with E-state index in [4.69, 9.17) is 0 Å². The van der Waals surface area contributed by atoms with Gasteiger partial charge in [0.25, 0.3) is 0 Å². The third-order valence-electron chi connectivity index (χ3n) is 4.05. The molecule has 0 fully saturated rings. The summed E-state index contributed by atoms with van der Waals surface area (Å²) in [7, 11) is 0. The first-order chi connectivity index (χ1) is 11.5. The monoisotopic (exact) mass is 320 g/mol. The second-order valence-electron chi connectivity index (χ2n) is 6.22. The fraction of sp³-hybridized carbons (Fsp3) is 0.200. The van der Waals surface area contributed by atoms with Gasteiger partial charge >= 0.3 is 5.97 Å². The lowest BCUT2D eigenvalue weighted by molar-refractivity contribution is 0.0698. The van der Waals surface area contributed by atoms with Crippen LogP contribution >= 0.6 is 0 Å². The van der Waals surface area contributed by atoms with Gasteiger partial charge in [-0.15, -0.1) is 0 Å². The maximum absolute atomic E-state index is 11.4. The lowest BCUT2D eigenvalue weighted by atomic mass is 10.00. The zero-order valence-corrected chi connectivity index (χ0v) is 14.0. The number of hydrogen-bond donors (Lipinski definition) is 2. The Kier molecular flexibility index (Phi) is 4.21. The molecule has 24 heavy (non-hydrogen) atoms. The molecule has 0 spiro atoms. The summed E-state index contributed by atoms with van der Waals surface area (Å²) >= 11 is 0. The zero-order valence-electron chi connectivity index (χ0n) is 14.0. The summed E-state index contributed by atoms with van der Waals surface area (Å²) in [6.07, 6.45) is 0. The molecule has 0 saturated carbocycles. The third kappa shape index (κ3) is 3.08. The standard InChI is InChI=1S/C20H20N2O2/c1-12(2)14-8-9-18-16(11-14)19(10-13(3)21-18)22-17-7-5-4-6-15(17)20(23)24/h4-12H,1-3H3,(H,21,22)(H,23,24). The first-order valence-corrected chi connectivity index (χ1v) is 7.96. The molecular formula is C20H20N2O2. The van der Waals surface area contributed by atoms with E-state index < -0.39 is 5.97 Å².